The molecule has 0 fully saturated rings. The second-order valence-corrected chi connectivity index (χ2v) is 16.2. The molecule has 14 heteroatoms. The molecule has 2 atom stereocenters. The molecular weight excluding hydrogens is 659 g/mol. The number of hydrogen-bond donors (Lipinski definition) is 2. The molecule has 0 heterocycles. The third-order valence-corrected chi connectivity index (χ3v) is 10.3. The van der Waals surface area contributed by atoms with Gasteiger partial charge in [0.1, 0.15) is 17.1 Å². The molecule has 1 amide bonds. The van der Waals surface area contributed by atoms with Gasteiger partial charge in [0.15, 0.2) is 6.35 Å². The van der Waals surface area contributed by atoms with Gasteiger partial charge in [-0.1, -0.05) is 63.6 Å². The fraction of sp³-hybridized carbons (Fsp3) is 0.559. The highest BCUT2D eigenvalue weighted by atomic mass is 32.2. The van der Waals surface area contributed by atoms with Gasteiger partial charge in [-0.05, 0) is 69.9 Å². The van der Waals surface area contributed by atoms with Crippen molar-refractivity contribution in [1.82, 2.24) is 9.62 Å². The Labute approximate surface area is 286 Å². The number of unbranched alkanes of at least 4 members (excludes halogenated alkanes) is 2. The number of nitrogens with zero attached hydrogens (tertiary/aromatic N) is 1. The van der Waals surface area contributed by atoms with Gasteiger partial charge in [0, 0.05) is 6.54 Å². The van der Waals surface area contributed by atoms with Crippen molar-refractivity contribution in [3.05, 3.63) is 72.5 Å². The minimum Gasteiger partial charge on any atom is -0.497 e. The number of alkyl carbamates (subject to hydrolysis) is 1. The van der Waals surface area contributed by atoms with Crippen molar-refractivity contribution in [2.45, 2.75) is 89.4 Å². The molecule has 0 aliphatic rings. The lowest BCUT2D eigenvalue weighted by Crippen LogP contribution is -2.51. The average molecular weight is 713 g/mol. The number of amides is 1. The summed E-state index contributed by atoms with van der Waals surface area (Å²) in [6.07, 6.45) is 0.567. The molecule has 2 aromatic carbocycles. The number of ether oxygens (including phenoxy) is 3. The second-order valence-electron chi connectivity index (χ2n) is 12.3. The van der Waals surface area contributed by atoms with Gasteiger partial charge >= 0.3 is 13.7 Å². The van der Waals surface area contributed by atoms with E-state index in [-0.39, 0.29) is 30.3 Å². The molecule has 48 heavy (non-hydrogen) atoms. The summed E-state index contributed by atoms with van der Waals surface area (Å²) in [4.78, 5) is 12.7. The van der Waals surface area contributed by atoms with Gasteiger partial charge in [0.05, 0.1) is 43.9 Å². The van der Waals surface area contributed by atoms with Crippen LogP contribution in [0.2, 0.25) is 0 Å². The van der Waals surface area contributed by atoms with Crippen LogP contribution in [0.25, 0.3) is 0 Å². The maximum Gasteiger partial charge on any atom is 0.407 e. The van der Waals surface area contributed by atoms with Crippen molar-refractivity contribution in [3.8, 4) is 5.75 Å². The first-order chi connectivity index (χ1) is 22.6. The van der Waals surface area contributed by atoms with E-state index in [2.05, 4.69) is 11.9 Å². The summed E-state index contributed by atoms with van der Waals surface area (Å²) in [5, 5.41) is 14.2. The molecule has 2 rings (SSSR count). The van der Waals surface area contributed by atoms with Crippen molar-refractivity contribution < 1.29 is 46.1 Å². The second kappa shape index (κ2) is 19.9. The van der Waals surface area contributed by atoms with E-state index in [1.807, 2.05) is 44.2 Å². The Morgan fingerprint density at radius 1 is 1.00 bits per heavy atom. The zero-order chi connectivity index (χ0) is 35.8. The van der Waals surface area contributed by atoms with Crippen molar-refractivity contribution in [2.75, 3.05) is 39.8 Å². The summed E-state index contributed by atoms with van der Waals surface area (Å²) >= 11 is 0. The first-order valence-corrected chi connectivity index (χ1v) is 19.3. The lowest BCUT2D eigenvalue weighted by molar-refractivity contribution is 0.0401. The lowest BCUT2D eigenvalue weighted by Gasteiger charge is -2.31. The smallest absolute Gasteiger partial charge is 0.407 e. The van der Waals surface area contributed by atoms with Gasteiger partial charge < -0.3 is 33.7 Å². The molecule has 270 valence electrons. The van der Waals surface area contributed by atoms with E-state index in [0.717, 1.165) is 22.7 Å². The standard InChI is InChI=1S/C34H53N2O10PS/c1-8-10-21-44-47(39,45-22-11-9-2)26-43-27(3)24-36(48(40,41)30-19-17-29(42-7)18-20-30)25-32(37)31(23-28-15-13-12-14-16-28)35-33(38)46-34(4,5)6/h12-20,31-32,37H,3,8-11,21-26H2,1-2,4-7H3,(H,35,38). The SMILES string of the molecule is C=C(CN(CC(O)C(Cc1ccccc1)NC(=O)OC(C)(C)C)S(=O)(=O)c1ccc(OC)cc1)OCP(=O)(OCCCC)OCCCC. The number of carbonyl (C=O) groups excluding carboxylic acids is 1. The zero-order valence-corrected chi connectivity index (χ0v) is 30.8. The average Bonchev–Trinajstić information content (AvgIpc) is 3.03. The van der Waals surface area contributed by atoms with Gasteiger partial charge in [-0.15, -0.1) is 0 Å². The van der Waals surface area contributed by atoms with Crippen molar-refractivity contribution in [3.63, 3.8) is 0 Å². The van der Waals surface area contributed by atoms with E-state index in [1.54, 1.807) is 20.8 Å². The summed E-state index contributed by atoms with van der Waals surface area (Å²) in [6.45, 7) is 12.6. The molecule has 0 aliphatic carbocycles. The minimum absolute atomic E-state index is 0.0441. The maximum absolute atomic E-state index is 14.0. The number of methoxy groups -OCH3 is 1. The molecule has 2 N–H and O–H groups in total. The molecule has 0 aliphatic heterocycles. The Bertz CT molecular complexity index is 1400. The number of rotatable bonds is 22. The Morgan fingerprint density at radius 2 is 1.58 bits per heavy atom. The molecule has 0 saturated heterocycles. The largest absolute Gasteiger partial charge is 0.497 e. The predicted molar refractivity (Wildman–Crippen MR) is 185 cm³/mol. The maximum atomic E-state index is 14.0. The number of benzene rings is 2. The molecule has 0 spiro atoms. The number of carbonyl (C=O) groups is 1. The van der Waals surface area contributed by atoms with Gasteiger partial charge in [-0.2, -0.15) is 4.31 Å². The van der Waals surface area contributed by atoms with Crippen molar-refractivity contribution in [2.24, 2.45) is 0 Å². The number of aliphatic hydroxyl groups excluding tert-OH is 1. The highest BCUT2D eigenvalue weighted by Crippen LogP contribution is 2.49. The van der Waals surface area contributed by atoms with Crippen LogP contribution in [0.15, 0.2) is 71.8 Å². The van der Waals surface area contributed by atoms with Crippen LogP contribution in [0.5, 0.6) is 5.75 Å². The van der Waals surface area contributed by atoms with E-state index in [9.17, 15) is 22.9 Å². The van der Waals surface area contributed by atoms with Crippen LogP contribution in [-0.4, -0.2) is 81.4 Å². The highest BCUT2D eigenvalue weighted by Gasteiger charge is 2.33. The molecule has 2 aromatic rings. The monoisotopic (exact) mass is 712 g/mol. The fourth-order valence-electron chi connectivity index (χ4n) is 4.31. The molecule has 0 aromatic heterocycles. The van der Waals surface area contributed by atoms with E-state index in [4.69, 9.17) is 23.3 Å². The number of hydrogen-bond acceptors (Lipinski definition) is 10. The topological polar surface area (TPSA) is 150 Å². The highest BCUT2D eigenvalue weighted by molar-refractivity contribution is 7.89. The molecule has 0 radical (unpaired) electrons. The van der Waals surface area contributed by atoms with Gasteiger partial charge in [0.25, 0.3) is 0 Å². The molecule has 0 bridgehead atoms. The van der Waals surface area contributed by atoms with Crippen LogP contribution in [0, 0.1) is 0 Å². The van der Waals surface area contributed by atoms with Crippen LogP contribution >= 0.6 is 7.60 Å². The summed E-state index contributed by atoms with van der Waals surface area (Å²) < 4.78 is 69.9. The van der Waals surface area contributed by atoms with E-state index < -0.39 is 60.9 Å². The quantitative estimate of drug-likeness (QED) is 0.0787. The van der Waals surface area contributed by atoms with E-state index in [0.29, 0.717) is 18.6 Å². The van der Waals surface area contributed by atoms with Crippen LogP contribution < -0.4 is 10.1 Å². The van der Waals surface area contributed by atoms with Crippen LogP contribution in [0.4, 0.5) is 4.79 Å². The summed E-state index contributed by atoms with van der Waals surface area (Å²) in [5.41, 5.74) is 0.00210. The molecular formula is C34H53N2O10PS. The van der Waals surface area contributed by atoms with E-state index in [1.165, 1.54) is 31.4 Å². The third kappa shape index (κ3) is 14.7. The first-order valence-electron chi connectivity index (χ1n) is 16.2. The zero-order valence-electron chi connectivity index (χ0n) is 29.1. The van der Waals surface area contributed by atoms with Gasteiger partial charge in [-0.3, -0.25) is 4.57 Å². The van der Waals surface area contributed by atoms with Crippen LogP contribution in [0.3, 0.4) is 0 Å². The first kappa shape index (κ1) is 41.2. The number of aliphatic hydroxyl groups is 1. The van der Waals surface area contributed by atoms with Gasteiger partial charge in [0.2, 0.25) is 10.0 Å². The Balaban J connectivity index is 2.37. The predicted octanol–water partition coefficient (Wildman–Crippen LogP) is 6.50. The molecule has 2 unspecified atom stereocenters. The minimum atomic E-state index is -4.27. The Kier molecular flexibility index (Phi) is 17.1. The summed E-state index contributed by atoms with van der Waals surface area (Å²) in [7, 11) is -6.48. The summed E-state index contributed by atoms with van der Waals surface area (Å²) in [5.74, 6) is 0.414. The van der Waals surface area contributed by atoms with Crippen LogP contribution in [0.1, 0.15) is 65.9 Å². The third-order valence-electron chi connectivity index (χ3n) is 6.90. The Morgan fingerprint density at radius 3 is 2.10 bits per heavy atom. The number of nitrogens with one attached hydrogen (secondary N) is 1. The molecule has 12 nitrogen and oxygen atoms in total. The summed E-state index contributed by atoms with van der Waals surface area (Å²) in [6, 6.07) is 14.0. The van der Waals surface area contributed by atoms with Crippen molar-refractivity contribution >= 4 is 23.7 Å². The fourth-order valence-corrected chi connectivity index (χ4v) is 7.13. The van der Waals surface area contributed by atoms with Crippen LogP contribution in [-0.2, 0) is 39.5 Å². The molecule has 0 saturated carbocycles. The number of sulfonamides is 1. The van der Waals surface area contributed by atoms with Crippen molar-refractivity contribution in [1.29, 1.82) is 0 Å². The van der Waals surface area contributed by atoms with Gasteiger partial charge in [-0.25, -0.2) is 13.2 Å². The normalized spacial score (nSPS) is 13.5. The van der Waals surface area contributed by atoms with E-state index >= 15 is 0 Å². The lowest BCUT2D eigenvalue weighted by atomic mass is 10.0. The Hall–Kier alpha value is -2.93.